The Kier molecular flexibility index (Phi) is 5.75. The van der Waals surface area contributed by atoms with Crippen LogP contribution in [0.15, 0.2) is 30.6 Å². The minimum Gasteiger partial charge on any atom is -0.350 e. The molecule has 2 aromatic rings. The number of nitrogens with zero attached hydrogens (tertiary/aromatic N) is 5. The van der Waals surface area contributed by atoms with Crippen molar-refractivity contribution in [1.29, 1.82) is 0 Å². The van der Waals surface area contributed by atoms with E-state index in [4.69, 9.17) is 0 Å². The molecule has 0 saturated carbocycles. The van der Waals surface area contributed by atoms with Crippen molar-refractivity contribution in [2.24, 2.45) is 5.92 Å². The van der Waals surface area contributed by atoms with E-state index in [1.165, 1.54) is 0 Å². The van der Waals surface area contributed by atoms with Crippen molar-refractivity contribution in [3.63, 3.8) is 0 Å². The lowest BCUT2D eigenvalue weighted by molar-refractivity contribution is 0.0944. The number of carbonyl (C=O) groups excluding carboxylic acids is 1. The minimum atomic E-state index is -0.152. The second kappa shape index (κ2) is 8.20. The number of rotatable bonds is 6. The maximum atomic E-state index is 12.1. The molecular weight excluding hydrogens is 316 g/mol. The third-order valence-electron chi connectivity index (χ3n) is 4.38. The van der Waals surface area contributed by atoms with Gasteiger partial charge < -0.3 is 5.32 Å². The maximum Gasteiger partial charge on any atom is 0.273 e. The van der Waals surface area contributed by atoms with Crippen molar-refractivity contribution in [2.45, 2.75) is 39.3 Å². The first-order chi connectivity index (χ1) is 12.1. The number of carbonyl (C=O) groups is 1. The Morgan fingerprint density at radius 3 is 3.04 bits per heavy atom. The molecule has 3 heterocycles. The molecule has 1 N–H and O–H groups in total. The number of aromatic nitrogens is 4. The van der Waals surface area contributed by atoms with E-state index in [1.807, 2.05) is 23.0 Å². The Morgan fingerprint density at radius 1 is 1.40 bits per heavy atom. The maximum absolute atomic E-state index is 12.1. The summed E-state index contributed by atoms with van der Waals surface area (Å²) in [7, 11) is 0. The van der Waals surface area contributed by atoms with Crippen LogP contribution in [-0.2, 0) is 6.54 Å². The van der Waals surface area contributed by atoms with Crippen molar-refractivity contribution in [3.05, 3.63) is 42.0 Å². The van der Waals surface area contributed by atoms with Gasteiger partial charge in [0, 0.05) is 25.8 Å². The summed E-state index contributed by atoms with van der Waals surface area (Å²) in [5.41, 5.74) is 1.47. The third kappa shape index (κ3) is 4.85. The van der Waals surface area contributed by atoms with Crippen LogP contribution >= 0.6 is 0 Å². The Hall–Kier alpha value is -2.28. The van der Waals surface area contributed by atoms with Gasteiger partial charge in [-0.2, -0.15) is 0 Å². The van der Waals surface area contributed by atoms with Crippen molar-refractivity contribution < 1.29 is 4.79 Å². The van der Waals surface area contributed by atoms with Gasteiger partial charge in [0.2, 0.25) is 0 Å². The summed E-state index contributed by atoms with van der Waals surface area (Å²) in [6.45, 7) is 7.57. The Labute approximate surface area is 148 Å². The molecule has 0 bridgehead atoms. The van der Waals surface area contributed by atoms with E-state index in [2.05, 4.69) is 45.4 Å². The number of hydrogen-bond acceptors (Lipinski definition) is 5. The zero-order valence-electron chi connectivity index (χ0n) is 14.9. The minimum absolute atomic E-state index is 0.152. The van der Waals surface area contributed by atoms with Gasteiger partial charge in [-0.05, 0) is 37.4 Å². The predicted octanol–water partition coefficient (Wildman–Crippen LogP) is 1.90. The van der Waals surface area contributed by atoms with Crippen molar-refractivity contribution in [1.82, 2.24) is 30.2 Å². The van der Waals surface area contributed by atoms with Crippen LogP contribution in [0, 0.1) is 5.92 Å². The van der Waals surface area contributed by atoms with E-state index in [0.717, 1.165) is 38.2 Å². The van der Waals surface area contributed by atoms with Gasteiger partial charge in [0.25, 0.3) is 5.91 Å². The second-order valence-electron chi connectivity index (χ2n) is 7.04. The zero-order chi connectivity index (χ0) is 17.6. The van der Waals surface area contributed by atoms with Crippen LogP contribution in [0.3, 0.4) is 0 Å². The number of hydrogen-bond donors (Lipinski definition) is 1. The third-order valence-corrected chi connectivity index (χ3v) is 4.38. The monoisotopic (exact) mass is 342 g/mol. The van der Waals surface area contributed by atoms with E-state index in [-0.39, 0.29) is 11.9 Å². The van der Waals surface area contributed by atoms with Gasteiger partial charge in [0.15, 0.2) is 5.69 Å². The fourth-order valence-corrected chi connectivity index (χ4v) is 3.06. The summed E-state index contributed by atoms with van der Waals surface area (Å²) in [4.78, 5) is 18.9. The molecule has 1 amide bonds. The molecule has 25 heavy (non-hydrogen) atoms. The molecule has 1 saturated heterocycles. The van der Waals surface area contributed by atoms with Gasteiger partial charge in [-0.15, -0.1) is 5.10 Å². The molecule has 0 aromatic carbocycles. The molecule has 1 fully saturated rings. The summed E-state index contributed by atoms with van der Waals surface area (Å²) in [6.07, 6.45) is 5.75. The number of likely N-dealkylation sites (tertiary alicyclic amines) is 1. The Bertz CT molecular complexity index is 684. The van der Waals surface area contributed by atoms with Gasteiger partial charge in [-0.3, -0.25) is 14.7 Å². The van der Waals surface area contributed by atoms with E-state index in [0.29, 0.717) is 18.2 Å². The fourth-order valence-electron chi connectivity index (χ4n) is 3.06. The van der Waals surface area contributed by atoms with Gasteiger partial charge in [0.05, 0.1) is 17.9 Å². The average Bonchev–Trinajstić information content (AvgIpc) is 3.11. The zero-order valence-corrected chi connectivity index (χ0v) is 14.9. The van der Waals surface area contributed by atoms with E-state index >= 15 is 0 Å². The molecule has 7 nitrogen and oxygen atoms in total. The quantitative estimate of drug-likeness (QED) is 0.868. The molecule has 1 aliphatic heterocycles. The summed E-state index contributed by atoms with van der Waals surface area (Å²) in [6, 6.07) is 6.25. The van der Waals surface area contributed by atoms with E-state index in [1.54, 1.807) is 6.20 Å². The smallest absolute Gasteiger partial charge is 0.273 e. The molecule has 2 aromatic heterocycles. The lowest BCUT2D eigenvalue weighted by Crippen LogP contribution is -2.36. The van der Waals surface area contributed by atoms with Gasteiger partial charge in [-0.1, -0.05) is 25.1 Å². The lowest BCUT2D eigenvalue weighted by Gasteiger charge is -2.32. The number of pyridine rings is 1. The Morgan fingerprint density at radius 2 is 2.28 bits per heavy atom. The summed E-state index contributed by atoms with van der Waals surface area (Å²) in [5, 5.41) is 11.1. The SMILES string of the molecule is CC(C)CNC(=O)c1cn(C2CCCN(Cc3ccccn3)C2)nn1. The van der Waals surface area contributed by atoms with Crippen molar-refractivity contribution in [3.8, 4) is 0 Å². The molecule has 1 aliphatic rings. The van der Waals surface area contributed by atoms with Crippen LogP contribution < -0.4 is 5.32 Å². The molecule has 7 heteroatoms. The van der Waals surface area contributed by atoms with Crippen LogP contribution in [0.25, 0.3) is 0 Å². The average molecular weight is 342 g/mol. The fraction of sp³-hybridized carbons (Fsp3) is 0.556. The molecule has 0 radical (unpaired) electrons. The number of piperidine rings is 1. The highest BCUT2D eigenvalue weighted by Crippen LogP contribution is 2.22. The van der Waals surface area contributed by atoms with E-state index in [9.17, 15) is 4.79 Å². The molecule has 134 valence electrons. The predicted molar refractivity (Wildman–Crippen MR) is 95.0 cm³/mol. The van der Waals surface area contributed by atoms with Crippen LogP contribution in [0.5, 0.6) is 0 Å². The lowest BCUT2D eigenvalue weighted by atomic mass is 10.1. The number of amides is 1. The first kappa shape index (κ1) is 17.5. The van der Waals surface area contributed by atoms with Crippen LogP contribution in [0.4, 0.5) is 0 Å². The second-order valence-corrected chi connectivity index (χ2v) is 7.04. The van der Waals surface area contributed by atoms with Crippen molar-refractivity contribution in [2.75, 3.05) is 19.6 Å². The van der Waals surface area contributed by atoms with Gasteiger partial charge in [-0.25, -0.2) is 4.68 Å². The molecule has 0 spiro atoms. The Balaban J connectivity index is 1.59. The summed E-state index contributed by atoms with van der Waals surface area (Å²) >= 11 is 0. The first-order valence-corrected chi connectivity index (χ1v) is 8.94. The highest BCUT2D eigenvalue weighted by Gasteiger charge is 2.23. The van der Waals surface area contributed by atoms with Crippen LogP contribution in [-0.4, -0.2) is 50.4 Å². The molecular formula is C18H26N6O. The number of nitrogens with one attached hydrogen (secondary N) is 1. The van der Waals surface area contributed by atoms with Gasteiger partial charge >= 0.3 is 0 Å². The largest absolute Gasteiger partial charge is 0.350 e. The normalized spacial score (nSPS) is 18.4. The van der Waals surface area contributed by atoms with Crippen molar-refractivity contribution >= 4 is 5.91 Å². The van der Waals surface area contributed by atoms with Gasteiger partial charge in [0.1, 0.15) is 0 Å². The molecule has 1 atom stereocenters. The molecule has 3 rings (SSSR count). The van der Waals surface area contributed by atoms with Crippen LogP contribution in [0.2, 0.25) is 0 Å². The highest BCUT2D eigenvalue weighted by atomic mass is 16.2. The summed E-state index contributed by atoms with van der Waals surface area (Å²) < 4.78 is 1.84. The topological polar surface area (TPSA) is 75.9 Å². The summed E-state index contributed by atoms with van der Waals surface area (Å²) in [5.74, 6) is 0.263. The highest BCUT2D eigenvalue weighted by molar-refractivity contribution is 5.91. The first-order valence-electron chi connectivity index (χ1n) is 8.94. The molecule has 1 unspecified atom stereocenters. The van der Waals surface area contributed by atoms with Crippen LogP contribution in [0.1, 0.15) is 48.9 Å². The molecule has 0 aliphatic carbocycles. The standard InChI is InChI=1S/C18H26N6O/c1-14(2)10-20-18(25)17-13-24(22-21-17)16-7-5-9-23(12-16)11-15-6-3-4-8-19-15/h3-4,6,8,13-14,16H,5,7,9-12H2,1-2H3,(H,20,25). The van der Waals surface area contributed by atoms with E-state index < -0.39 is 0 Å².